The molecule has 1 amide bonds. The van der Waals surface area contributed by atoms with Crippen LogP contribution in [0, 0.1) is 12.7 Å². The number of benzene rings is 2. The van der Waals surface area contributed by atoms with Crippen LogP contribution in [0.25, 0.3) is 22.4 Å². The Morgan fingerprint density at radius 1 is 1.17 bits per heavy atom. The molecule has 3 aromatic heterocycles. The molecule has 10 nitrogen and oxygen atoms in total. The van der Waals surface area contributed by atoms with Crippen molar-refractivity contribution in [2.24, 2.45) is 0 Å². The Labute approximate surface area is 203 Å². The van der Waals surface area contributed by atoms with Gasteiger partial charge in [-0.1, -0.05) is 29.4 Å². The number of nitrogens with one attached hydrogen (secondary N) is 1. The third-order valence-corrected chi connectivity index (χ3v) is 6.31. The Bertz CT molecular complexity index is 1690. The molecule has 11 heteroatoms. The zero-order chi connectivity index (χ0) is 24.8. The number of aromatic nitrogens is 6. The number of aromatic amines is 1. The van der Waals surface area contributed by atoms with Crippen LogP contribution in [-0.4, -0.2) is 47.2 Å². The van der Waals surface area contributed by atoms with Crippen LogP contribution < -0.4 is 5.56 Å². The largest absolute Gasteiger partial charge is 0.332 e. The Morgan fingerprint density at radius 3 is 2.81 bits per heavy atom. The van der Waals surface area contributed by atoms with Crippen molar-refractivity contribution < 1.29 is 13.7 Å². The molecule has 5 aromatic rings. The number of hydrogen-bond acceptors (Lipinski definition) is 7. The number of carbonyl (C=O) groups is 1. The van der Waals surface area contributed by atoms with Gasteiger partial charge in [0.1, 0.15) is 17.3 Å². The number of halogens is 1. The molecule has 180 valence electrons. The van der Waals surface area contributed by atoms with Crippen LogP contribution in [0.3, 0.4) is 0 Å². The summed E-state index contributed by atoms with van der Waals surface area (Å²) in [6, 6.07) is 11.6. The fourth-order valence-electron chi connectivity index (χ4n) is 4.52. The average Bonchev–Trinajstić information content (AvgIpc) is 3.52. The Balaban J connectivity index is 1.26. The highest BCUT2D eigenvalue weighted by Crippen LogP contribution is 2.25. The lowest BCUT2D eigenvalue weighted by Gasteiger charge is -2.28. The molecule has 0 fully saturated rings. The van der Waals surface area contributed by atoms with E-state index in [0.29, 0.717) is 64.8 Å². The van der Waals surface area contributed by atoms with Gasteiger partial charge in [0, 0.05) is 24.9 Å². The van der Waals surface area contributed by atoms with E-state index >= 15 is 0 Å². The first-order valence-corrected chi connectivity index (χ1v) is 11.4. The molecule has 1 aliphatic rings. The highest BCUT2D eigenvalue weighted by atomic mass is 19.1. The molecule has 36 heavy (non-hydrogen) atoms. The number of amides is 1. The quantitative estimate of drug-likeness (QED) is 0.415. The maximum Gasteiger partial charge on any atom is 0.276 e. The van der Waals surface area contributed by atoms with E-state index < -0.39 is 11.7 Å². The Kier molecular flexibility index (Phi) is 5.17. The van der Waals surface area contributed by atoms with Gasteiger partial charge in [0.05, 0.1) is 29.4 Å². The summed E-state index contributed by atoms with van der Waals surface area (Å²) < 4.78 is 22.0. The zero-order valence-corrected chi connectivity index (χ0v) is 19.2. The van der Waals surface area contributed by atoms with E-state index in [1.54, 1.807) is 42.3 Å². The molecule has 0 radical (unpaired) electrons. The first-order chi connectivity index (χ1) is 17.5. The van der Waals surface area contributed by atoms with Crippen LogP contribution in [0.1, 0.15) is 33.3 Å². The monoisotopic (exact) mass is 485 g/mol. The van der Waals surface area contributed by atoms with Gasteiger partial charge in [-0.3, -0.25) is 9.59 Å². The number of hydrogen-bond donors (Lipinski definition) is 1. The Hall–Kier alpha value is -4.67. The molecule has 0 saturated carbocycles. The standard InChI is InChI=1S/C25H20FN7O3/c1-14-28-24(36-31-14)21-12-27-22-13-32(8-9-33(21)22)25(35)18-10-15(6-7-19(18)26)11-20-16-4-2-3-5-17(16)23(34)30-29-20/h2-7,10,12H,8-9,11,13H2,1H3,(H,30,34). The van der Waals surface area contributed by atoms with Gasteiger partial charge in [-0.05, 0) is 30.7 Å². The summed E-state index contributed by atoms with van der Waals surface area (Å²) in [6.07, 6.45) is 1.97. The molecule has 1 aliphatic heterocycles. The molecular weight excluding hydrogens is 465 g/mol. The lowest BCUT2D eigenvalue weighted by atomic mass is 10.0. The summed E-state index contributed by atoms with van der Waals surface area (Å²) in [7, 11) is 0. The number of fused-ring (bicyclic) bond motifs is 2. The fourth-order valence-corrected chi connectivity index (χ4v) is 4.52. The highest BCUT2D eigenvalue weighted by Gasteiger charge is 2.27. The van der Waals surface area contributed by atoms with Gasteiger partial charge in [0.15, 0.2) is 5.82 Å². The molecule has 4 heterocycles. The first kappa shape index (κ1) is 21.8. The summed E-state index contributed by atoms with van der Waals surface area (Å²) in [5, 5.41) is 11.8. The number of nitrogens with zero attached hydrogens (tertiary/aromatic N) is 6. The SMILES string of the molecule is Cc1noc(-c2cnc3n2CCN(C(=O)c2cc(Cc4n[nH]c(=O)c5ccccc45)ccc2F)C3)n1. The van der Waals surface area contributed by atoms with Crippen LogP contribution in [0.4, 0.5) is 4.39 Å². The second kappa shape index (κ2) is 8.52. The minimum Gasteiger partial charge on any atom is -0.332 e. The second-order valence-corrected chi connectivity index (χ2v) is 8.62. The van der Waals surface area contributed by atoms with Crippen molar-refractivity contribution in [1.29, 1.82) is 0 Å². The molecule has 0 saturated heterocycles. The van der Waals surface area contributed by atoms with Crippen molar-refractivity contribution in [1.82, 2.24) is 34.8 Å². The highest BCUT2D eigenvalue weighted by molar-refractivity contribution is 5.94. The van der Waals surface area contributed by atoms with Crippen molar-refractivity contribution in [3.63, 3.8) is 0 Å². The van der Waals surface area contributed by atoms with E-state index in [1.807, 2.05) is 16.7 Å². The van der Waals surface area contributed by atoms with Gasteiger partial charge in [0.2, 0.25) is 0 Å². The second-order valence-electron chi connectivity index (χ2n) is 8.62. The number of aryl methyl sites for hydroxylation is 1. The predicted molar refractivity (Wildman–Crippen MR) is 127 cm³/mol. The molecule has 0 atom stereocenters. The van der Waals surface area contributed by atoms with Crippen molar-refractivity contribution in [2.45, 2.75) is 26.4 Å². The van der Waals surface area contributed by atoms with Gasteiger partial charge in [-0.25, -0.2) is 14.5 Å². The predicted octanol–water partition coefficient (Wildman–Crippen LogP) is 2.86. The lowest BCUT2D eigenvalue weighted by molar-refractivity contribution is 0.0703. The van der Waals surface area contributed by atoms with Gasteiger partial charge < -0.3 is 14.0 Å². The lowest BCUT2D eigenvalue weighted by Crippen LogP contribution is -2.39. The minimum absolute atomic E-state index is 0.0195. The summed E-state index contributed by atoms with van der Waals surface area (Å²) in [6.45, 7) is 2.80. The van der Waals surface area contributed by atoms with E-state index in [9.17, 15) is 14.0 Å². The minimum atomic E-state index is -0.598. The maximum atomic E-state index is 14.8. The smallest absolute Gasteiger partial charge is 0.276 e. The molecule has 0 aliphatic carbocycles. The number of rotatable bonds is 4. The number of H-pyrrole nitrogens is 1. The van der Waals surface area contributed by atoms with E-state index in [-0.39, 0.29) is 17.7 Å². The zero-order valence-electron chi connectivity index (χ0n) is 19.2. The molecule has 0 unspecified atom stereocenters. The van der Waals surface area contributed by atoms with Crippen molar-refractivity contribution in [2.75, 3.05) is 6.54 Å². The first-order valence-electron chi connectivity index (χ1n) is 11.4. The van der Waals surface area contributed by atoms with E-state index in [2.05, 4.69) is 25.3 Å². The van der Waals surface area contributed by atoms with Crippen molar-refractivity contribution >= 4 is 16.7 Å². The summed E-state index contributed by atoms with van der Waals surface area (Å²) in [4.78, 5) is 35.6. The van der Waals surface area contributed by atoms with Crippen molar-refractivity contribution in [3.8, 4) is 11.6 Å². The third kappa shape index (κ3) is 3.74. The van der Waals surface area contributed by atoms with E-state index in [1.165, 1.54) is 6.07 Å². The van der Waals surface area contributed by atoms with Gasteiger partial charge in [-0.2, -0.15) is 10.1 Å². The number of carbonyl (C=O) groups excluding carboxylic acids is 1. The molecular formula is C25H20FN7O3. The van der Waals surface area contributed by atoms with Gasteiger partial charge in [-0.15, -0.1) is 0 Å². The summed E-state index contributed by atoms with van der Waals surface area (Å²) in [5.74, 6) is 0.528. The van der Waals surface area contributed by atoms with E-state index in [4.69, 9.17) is 4.52 Å². The van der Waals surface area contributed by atoms with Gasteiger partial charge >= 0.3 is 0 Å². The van der Waals surface area contributed by atoms with Crippen LogP contribution in [-0.2, 0) is 19.5 Å². The summed E-state index contributed by atoms with van der Waals surface area (Å²) >= 11 is 0. The molecule has 6 rings (SSSR count). The summed E-state index contributed by atoms with van der Waals surface area (Å²) in [5.41, 5.74) is 1.74. The topological polar surface area (TPSA) is 123 Å². The molecule has 2 aromatic carbocycles. The molecule has 0 bridgehead atoms. The van der Waals surface area contributed by atoms with Crippen LogP contribution in [0.5, 0.6) is 0 Å². The van der Waals surface area contributed by atoms with Crippen LogP contribution in [0.15, 0.2) is 58.0 Å². The van der Waals surface area contributed by atoms with Gasteiger partial charge in [0.25, 0.3) is 17.4 Å². The van der Waals surface area contributed by atoms with E-state index in [0.717, 1.165) is 0 Å². The van der Waals surface area contributed by atoms with Crippen LogP contribution in [0.2, 0.25) is 0 Å². The normalized spacial score (nSPS) is 13.2. The molecule has 0 spiro atoms. The van der Waals surface area contributed by atoms with Crippen LogP contribution >= 0.6 is 0 Å². The third-order valence-electron chi connectivity index (χ3n) is 6.31. The Morgan fingerprint density at radius 2 is 2.00 bits per heavy atom. The maximum absolute atomic E-state index is 14.8. The number of imidazole rings is 1. The van der Waals surface area contributed by atoms with Crippen molar-refractivity contribution in [3.05, 3.63) is 93.3 Å². The molecule has 1 N–H and O–H groups in total. The fraction of sp³-hybridized carbons (Fsp3) is 0.200. The average molecular weight is 485 g/mol.